The normalized spacial score (nSPS) is 40.9. The van der Waals surface area contributed by atoms with Crippen LogP contribution in [0, 0.1) is 29.6 Å². The van der Waals surface area contributed by atoms with Crippen LogP contribution >= 0.6 is 0 Å². The van der Waals surface area contributed by atoms with Gasteiger partial charge in [0.05, 0.1) is 5.92 Å². The minimum Gasteiger partial charge on any atom is -0.481 e. The van der Waals surface area contributed by atoms with Crippen molar-refractivity contribution in [3.63, 3.8) is 0 Å². The van der Waals surface area contributed by atoms with Crippen LogP contribution in [0.25, 0.3) is 0 Å². The fraction of sp³-hybridized carbons (Fsp3) is 0.654. The van der Waals surface area contributed by atoms with Crippen LogP contribution in [-0.4, -0.2) is 23.7 Å². The lowest BCUT2D eigenvalue weighted by Gasteiger charge is -2.47. The van der Waals surface area contributed by atoms with Gasteiger partial charge in [0.15, 0.2) is 0 Å². The van der Waals surface area contributed by atoms with E-state index in [1.807, 2.05) is 5.57 Å². The predicted octanol–water partition coefficient (Wildman–Crippen LogP) is 5.17. The summed E-state index contributed by atoms with van der Waals surface area (Å²) in [6, 6.07) is 0.402. The number of fused-ring (bicyclic) bond motifs is 6. The van der Waals surface area contributed by atoms with Crippen LogP contribution in [0.2, 0.25) is 0 Å². The maximum absolute atomic E-state index is 11.5. The van der Waals surface area contributed by atoms with Gasteiger partial charge in [-0.1, -0.05) is 35.8 Å². The van der Waals surface area contributed by atoms with Crippen molar-refractivity contribution in [2.45, 2.75) is 70.3 Å². The molecule has 3 heteroatoms. The number of carbonyl (C=O) groups is 1. The number of hydrogen-bond acceptors (Lipinski definition) is 2. The highest BCUT2D eigenvalue weighted by atomic mass is 16.4. The fourth-order valence-electron chi connectivity index (χ4n) is 7.58. The molecule has 3 nitrogen and oxygen atoms in total. The minimum absolute atomic E-state index is 0.265. The summed E-state index contributed by atoms with van der Waals surface area (Å²) in [5, 5.41) is 13.0. The zero-order chi connectivity index (χ0) is 19.5. The Hall–Kier alpha value is -1.61. The molecule has 0 bridgehead atoms. The number of nitrogens with one attached hydrogen (secondary N) is 1. The number of piperidine rings is 1. The molecule has 2 N–H and O–H groups in total. The first kappa shape index (κ1) is 18.2. The lowest BCUT2D eigenvalue weighted by molar-refractivity contribution is -0.141. The molecule has 0 amide bonds. The van der Waals surface area contributed by atoms with Crippen molar-refractivity contribution in [1.29, 1.82) is 0 Å². The maximum atomic E-state index is 11.5. The molecule has 2 fully saturated rings. The van der Waals surface area contributed by atoms with Crippen molar-refractivity contribution < 1.29 is 9.90 Å². The molecule has 6 atom stereocenters. The molecule has 0 radical (unpaired) electrons. The summed E-state index contributed by atoms with van der Waals surface area (Å²) >= 11 is 0. The summed E-state index contributed by atoms with van der Waals surface area (Å²) in [5.41, 5.74) is 8.05. The fourth-order valence-corrected chi connectivity index (χ4v) is 7.58. The quantitative estimate of drug-likeness (QED) is 0.648. The smallest absolute Gasteiger partial charge is 0.308 e. The van der Waals surface area contributed by atoms with Gasteiger partial charge in [0.25, 0.3) is 0 Å². The van der Waals surface area contributed by atoms with Gasteiger partial charge in [0, 0.05) is 12.6 Å². The third-order valence-electron chi connectivity index (χ3n) is 9.02. The van der Waals surface area contributed by atoms with E-state index in [0.29, 0.717) is 24.4 Å². The van der Waals surface area contributed by atoms with Gasteiger partial charge in [-0.3, -0.25) is 4.79 Å². The molecule has 1 saturated carbocycles. The van der Waals surface area contributed by atoms with E-state index >= 15 is 0 Å². The Bertz CT molecular complexity index is 860. The van der Waals surface area contributed by atoms with Crippen LogP contribution in [0.4, 0.5) is 0 Å². The lowest BCUT2D eigenvalue weighted by atomic mass is 9.59. The number of aliphatic carboxylic acids is 1. The van der Waals surface area contributed by atoms with Crippen LogP contribution in [0.15, 0.2) is 46.1 Å². The second kappa shape index (κ2) is 6.97. The molecule has 1 saturated heterocycles. The molecule has 1 aliphatic heterocycles. The van der Waals surface area contributed by atoms with Gasteiger partial charge >= 0.3 is 5.97 Å². The topological polar surface area (TPSA) is 49.3 Å². The first-order chi connectivity index (χ1) is 14.2. The van der Waals surface area contributed by atoms with E-state index in [1.54, 1.807) is 16.7 Å². The van der Waals surface area contributed by atoms with E-state index in [9.17, 15) is 9.90 Å². The van der Waals surface area contributed by atoms with Crippen molar-refractivity contribution in [3.05, 3.63) is 46.1 Å². The van der Waals surface area contributed by atoms with Gasteiger partial charge < -0.3 is 10.4 Å². The molecule has 0 aromatic carbocycles. The molecular weight excluding hydrogens is 358 g/mol. The molecule has 5 aliphatic carbocycles. The molecule has 6 unspecified atom stereocenters. The lowest BCUT2D eigenvalue weighted by Crippen LogP contribution is -2.46. The SMILES string of the molecule is O=C(O)C1CNC2CC3CCC4C(=C3C=C2C1)C=CC1=C2CCCCC2CCC14. The van der Waals surface area contributed by atoms with E-state index in [-0.39, 0.29) is 5.92 Å². The molecule has 0 spiro atoms. The Morgan fingerprint density at radius 3 is 2.59 bits per heavy atom. The number of hydrogen-bond donors (Lipinski definition) is 2. The van der Waals surface area contributed by atoms with E-state index in [0.717, 1.165) is 24.7 Å². The molecule has 6 aliphatic rings. The third kappa shape index (κ3) is 2.91. The second-order valence-corrected chi connectivity index (χ2v) is 10.4. The van der Waals surface area contributed by atoms with Crippen LogP contribution in [0.3, 0.4) is 0 Å². The van der Waals surface area contributed by atoms with Crippen LogP contribution in [-0.2, 0) is 4.79 Å². The van der Waals surface area contributed by atoms with Gasteiger partial charge in [-0.05, 0) is 98.2 Å². The van der Waals surface area contributed by atoms with Crippen molar-refractivity contribution in [2.24, 2.45) is 29.6 Å². The van der Waals surface area contributed by atoms with Crippen molar-refractivity contribution in [1.82, 2.24) is 5.32 Å². The Morgan fingerprint density at radius 2 is 1.72 bits per heavy atom. The van der Waals surface area contributed by atoms with Crippen LogP contribution in [0.5, 0.6) is 0 Å². The first-order valence-electron chi connectivity index (χ1n) is 12.0. The van der Waals surface area contributed by atoms with Gasteiger partial charge in [-0.25, -0.2) is 0 Å². The summed E-state index contributed by atoms with van der Waals surface area (Å²) in [6.07, 6.45) is 20.3. The van der Waals surface area contributed by atoms with E-state index in [4.69, 9.17) is 0 Å². The largest absolute Gasteiger partial charge is 0.481 e. The van der Waals surface area contributed by atoms with Crippen molar-refractivity contribution in [3.8, 4) is 0 Å². The second-order valence-electron chi connectivity index (χ2n) is 10.4. The molecular formula is C26H33NO2. The highest BCUT2D eigenvalue weighted by Crippen LogP contribution is 2.54. The van der Waals surface area contributed by atoms with Crippen molar-refractivity contribution in [2.75, 3.05) is 6.54 Å². The molecule has 1 heterocycles. The molecule has 29 heavy (non-hydrogen) atoms. The minimum atomic E-state index is -0.656. The van der Waals surface area contributed by atoms with Crippen LogP contribution in [0.1, 0.15) is 64.2 Å². The summed E-state index contributed by atoms with van der Waals surface area (Å²) in [4.78, 5) is 11.5. The number of carboxylic acids is 1. The zero-order valence-corrected chi connectivity index (χ0v) is 17.3. The van der Waals surface area contributed by atoms with Crippen molar-refractivity contribution >= 4 is 5.97 Å². The molecule has 6 rings (SSSR count). The molecule has 0 aromatic rings. The average molecular weight is 392 g/mol. The van der Waals surface area contributed by atoms with E-state index in [2.05, 4.69) is 23.5 Å². The van der Waals surface area contributed by atoms with Gasteiger partial charge in [0.2, 0.25) is 0 Å². The highest BCUT2D eigenvalue weighted by Gasteiger charge is 2.43. The third-order valence-corrected chi connectivity index (χ3v) is 9.02. The van der Waals surface area contributed by atoms with Gasteiger partial charge in [0.1, 0.15) is 0 Å². The Labute approximate surface area is 174 Å². The predicted molar refractivity (Wildman–Crippen MR) is 114 cm³/mol. The summed E-state index contributed by atoms with van der Waals surface area (Å²) < 4.78 is 0. The van der Waals surface area contributed by atoms with Gasteiger partial charge in [-0.2, -0.15) is 0 Å². The maximum Gasteiger partial charge on any atom is 0.308 e. The number of carboxylic acid groups (broad SMARTS) is 1. The Morgan fingerprint density at radius 1 is 0.931 bits per heavy atom. The highest BCUT2D eigenvalue weighted by molar-refractivity contribution is 5.71. The van der Waals surface area contributed by atoms with Gasteiger partial charge in [-0.15, -0.1) is 0 Å². The average Bonchev–Trinajstić information content (AvgIpc) is 2.76. The Balaban J connectivity index is 1.39. The summed E-state index contributed by atoms with van der Waals surface area (Å²) in [7, 11) is 0. The monoisotopic (exact) mass is 391 g/mol. The van der Waals surface area contributed by atoms with E-state index in [1.165, 1.54) is 56.9 Å². The standard InChI is InChI=1S/C26H33NO2/c28-26(29)18-11-17-12-24-16(13-25(17)27-14-18)6-8-22-21-7-5-15-3-1-2-4-19(15)20(21)9-10-23(22)24/h9-10,12,15-16,18,21-22,25,27H,1-8,11,13-14H2,(H,28,29). The Kier molecular flexibility index (Phi) is 4.37. The first-order valence-corrected chi connectivity index (χ1v) is 12.0. The van der Waals surface area contributed by atoms with Crippen LogP contribution < -0.4 is 5.32 Å². The number of allylic oxidation sites excluding steroid dienone is 7. The molecule has 154 valence electrons. The summed E-state index contributed by atoms with van der Waals surface area (Å²) in [6.45, 7) is 0.624. The summed E-state index contributed by atoms with van der Waals surface area (Å²) in [5.74, 6) is 2.07. The molecule has 0 aromatic heterocycles. The number of rotatable bonds is 1. The zero-order valence-electron chi connectivity index (χ0n) is 17.3. The van der Waals surface area contributed by atoms with E-state index < -0.39 is 5.97 Å².